The lowest BCUT2D eigenvalue weighted by molar-refractivity contribution is 0.0959. The van der Waals surface area contributed by atoms with Crippen LogP contribution in [0.25, 0.3) is 0 Å². The highest BCUT2D eigenvalue weighted by atomic mass is 32.1. The van der Waals surface area contributed by atoms with Crippen LogP contribution in [0.15, 0.2) is 0 Å². The average Bonchev–Trinajstić information content (AvgIpc) is 2.67. The molecule has 0 aliphatic heterocycles. The maximum Gasteiger partial charge on any atom is 0.265 e. The van der Waals surface area contributed by atoms with Crippen molar-refractivity contribution < 1.29 is 4.79 Å². The van der Waals surface area contributed by atoms with E-state index < -0.39 is 0 Å². The van der Waals surface area contributed by atoms with Crippen molar-refractivity contribution in [3.05, 3.63) is 4.88 Å². The number of nitrogens with two attached hydrogens (primary N) is 1. The molecule has 1 heterocycles. The fraction of sp³-hybridized carbons (Fsp3) is 0.455. The number of rotatable bonds is 4. The van der Waals surface area contributed by atoms with E-state index in [1.165, 1.54) is 11.3 Å². The molecule has 1 aromatic heterocycles. The molecule has 6 heteroatoms. The van der Waals surface area contributed by atoms with Gasteiger partial charge in [0.05, 0.1) is 0 Å². The molecule has 0 bridgehead atoms. The van der Waals surface area contributed by atoms with Gasteiger partial charge in [-0.25, -0.2) is 4.98 Å². The first kappa shape index (κ1) is 13.3. The molecule has 0 aromatic carbocycles. The minimum Gasteiger partial charge on any atom is -0.382 e. The van der Waals surface area contributed by atoms with Crippen molar-refractivity contribution in [1.82, 2.24) is 10.3 Å². The van der Waals surface area contributed by atoms with Crippen LogP contribution in [-0.2, 0) is 0 Å². The molecule has 0 radical (unpaired) electrons. The second-order valence-corrected chi connectivity index (χ2v) is 4.52. The largest absolute Gasteiger partial charge is 0.382 e. The molecule has 0 saturated carbocycles. The summed E-state index contributed by atoms with van der Waals surface area (Å²) in [6.45, 7) is 2.29. The summed E-state index contributed by atoms with van der Waals surface area (Å²) < 4.78 is 0. The number of nitrogens with one attached hydrogen (secondary N) is 1. The Balaban J connectivity index is 2.64. The lowest BCUT2D eigenvalue weighted by Gasteiger charge is -2.04. The Morgan fingerprint density at radius 2 is 2.29 bits per heavy atom. The van der Waals surface area contributed by atoms with Crippen LogP contribution in [-0.4, -0.2) is 31.5 Å². The molecule has 1 amide bonds. The van der Waals surface area contributed by atoms with E-state index in [2.05, 4.69) is 22.1 Å². The maximum absolute atomic E-state index is 11.8. The van der Waals surface area contributed by atoms with Crippen LogP contribution in [0.3, 0.4) is 0 Å². The number of amides is 1. The fourth-order valence-corrected chi connectivity index (χ4v) is 1.94. The Kier molecular flexibility index (Phi) is 4.79. The van der Waals surface area contributed by atoms with Gasteiger partial charge in [-0.05, 0) is 6.92 Å². The Bertz CT molecular complexity index is 456. The van der Waals surface area contributed by atoms with Crippen LogP contribution < -0.4 is 16.0 Å². The number of anilines is 2. The van der Waals surface area contributed by atoms with Crippen LogP contribution in [0.4, 0.5) is 10.9 Å². The number of aromatic nitrogens is 1. The zero-order valence-electron chi connectivity index (χ0n) is 10.2. The van der Waals surface area contributed by atoms with E-state index in [1.54, 1.807) is 6.92 Å². The topological polar surface area (TPSA) is 71.2 Å². The molecular formula is C11H16N4OS. The van der Waals surface area contributed by atoms with Crippen molar-refractivity contribution in [3.63, 3.8) is 0 Å². The first-order valence-electron chi connectivity index (χ1n) is 5.17. The van der Waals surface area contributed by atoms with Gasteiger partial charge in [-0.15, -0.1) is 11.8 Å². The van der Waals surface area contributed by atoms with Crippen LogP contribution in [0, 0.1) is 11.8 Å². The second-order valence-electron chi connectivity index (χ2n) is 3.54. The van der Waals surface area contributed by atoms with E-state index in [1.807, 2.05) is 19.0 Å². The highest BCUT2D eigenvalue weighted by molar-refractivity contribution is 7.18. The predicted molar refractivity (Wildman–Crippen MR) is 71.3 cm³/mol. The smallest absolute Gasteiger partial charge is 0.265 e. The van der Waals surface area contributed by atoms with Crippen molar-refractivity contribution in [3.8, 4) is 11.8 Å². The van der Waals surface area contributed by atoms with Crippen molar-refractivity contribution in [1.29, 1.82) is 0 Å². The Labute approximate surface area is 105 Å². The van der Waals surface area contributed by atoms with E-state index in [0.29, 0.717) is 17.8 Å². The van der Waals surface area contributed by atoms with Crippen LogP contribution in [0.5, 0.6) is 0 Å². The lowest BCUT2D eigenvalue weighted by Crippen LogP contribution is -2.24. The lowest BCUT2D eigenvalue weighted by atomic mass is 10.4. The van der Waals surface area contributed by atoms with E-state index in [-0.39, 0.29) is 11.7 Å². The normalized spacial score (nSPS) is 9.35. The molecule has 3 N–H and O–H groups in total. The fourth-order valence-electron chi connectivity index (χ4n) is 1.12. The van der Waals surface area contributed by atoms with Crippen molar-refractivity contribution >= 4 is 28.2 Å². The first-order chi connectivity index (χ1) is 8.06. The number of carbonyl (C=O) groups excluding carboxylic acids is 1. The minimum absolute atomic E-state index is 0.189. The van der Waals surface area contributed by atoms with Crippen molar-refractivity contribution in [2.24, 2.45) is 0 Å². The first-order valence-corrected chi connectivity index (χ1v) is 5.99. The molecule has 17 heavy (non-hydrogen) atoms. The van der Waals surface area contributed by atoms with Gasteiger partial charge in [0.25, 0.3) is 5.91 Å². The minimum atomic E-state index is -0.189. The third kappa shape index (κ3) is 3.64. The summed E-state index contributed by atoms with van der Waals surface area (Å²) in [7, 11) is 3.72. The summed E-state index contributed by atoms with van der Waals surface area (Å²) in [5, 5.41) is 3.48. The van der Waals surface area contributed by atoms with Gasteiger partial charge in [-0.3, -0.25) is 4.79 Å². The van der Waals surface area contributed by atoms with Gasteiger partial charge in [-0.2, -0.15) is 0 Å². The summed E-state index contributed by atoms with van der Waals surface area (Å²) >= 11 is 1.28. The summed E-state index contributed by atoms with van der Waals surface area (Å²) in [6, 6.07) is 0. The van der Waals surface area contributed by atoms with Crippen LogP contribution in [0.1, 0.15) is 23.0 Å². The Morgan fingerprint density at radius 1 is 1.59 bits per heavy atom. The molecule has 0 aliphatic rings. The highest BCUT2D eigenvalue weighted by Gasteiger charge is 2.16. The summed E-state index contributed by atoms with van der Waals surface area (Å²) in [4.78, 5) is 18.2. The van der Waals surface area contributed by atoms with Gasteiger partial charge >= 0.3 is 0 Å². The van der Waals surface area contributed by atoms with E-state index >= 15 is 0 Å². The van der Waals surface area contributed by atoms with Gasteiger partial charge in [0.15, 0.2) is 5.13 Å². The monoisotopic (exact) mass is 252 g/mol. The van der Waals surface area contributed by atoms with Gasteiger partial charge in [0, 0.05) is 27.1 Å². The Hall–Kier alpha value is -1.74. The number of nitrogen functional groups attached to an aromatic ring is 1. The standard InChI is InChI=1S/C11H16N4OS/c1-4-5-6-7-13-10(16)8-9(12)14-11(17-8)15(2)3/h6-7,12H2,1-3H3,(H,13,16). The van der Waals surface area contributed by atoms with Crippen LogP contribution in [0.2, 0.25) is 0 Å². The van der Waals surface area contributed by atoms with Gasteiger partial charge in [0.1, 0.15) is 10.7 Å². The Morgan fingerprint density at radius 3 is 2.82 bits per heavy atom. The molecule has 92 valence electrons. The summed E-state index contributed by atoms with van der Waals surface area (Å²) in [6.07, 6.45) is 0.640. The van der Waals surface area contributed by atoms with Crippen molar-refractivity contribution in [2.75, 3.05) is 31.3 Å². The molecular weight excluding hydrogens is 236 g/mol. The van der Waals surface area contributed by atoms with Gasteiger partial charge < -0.3 is 16.0 Å². The quantitative estimate of drug-likeness (QED) is 0.618. The molecule has 0 spiro atoms. The molecule has 1 aromatic rings. The highest BCUT2D eigenvalue weighted by Crippen LogP contribution is 2.26. The SMILES string of the molecule is CC#CCCNC(=O)c1sc(N(C)C)nc1N. The molecule has 5 nitrogen and oxygen atoms in total. The second kappa shape index (κ2) is 6.11. The molecule has 0 saturated heterocycles. The van der Waals surface area contributed by atoms with Crippen LogP contribution >= 0.6 is 11.3 Å². The zero-order chi connectivity index (χ0) is 12.8. The van der Waals surface area contributed by atoms with Crippen molar-refractivity contribution in [2.45, 2.75) is 13.3 Å². The average molecular weight is 252 g/mol. The zero-order valence-corrected chi connectivity index (χ0v) is 11.0. The van der Waals surface area contributed by atoms with E-state index in [9.17, 15) is 4.79 Å². The number of thiazole rings is 1. The molecule has 1 rings (SSSR count). The third-order valence-corrected chi connectivity index (χ3v) is 3.18. The number of hydrogen-bond acceptors (Lipinski definition) is 5. The molecule has 0 fully saturated rings. The number of carbonyl (C=O) groups is 1. The number of hydrogen-bond donors (Lipinski definition) is 2. The summed E-state index contributed by atoms with van der Waals surface area (Å²) in [5.74, 6) is 5.73. The van der Waals surface area contributed by atoms with E-state index in [0.717, 1.165) is 5.13 Å². The van der Waals surface area contributed by atoms with E-state index in [4.69, 9.17) is 5.73 Å². The maximum atomic E-state index is 11.8. The van der Waals surface area contributed by atoms with Gasteiger partial charge in [0.2, 0.25) is 0 Å². The predicted octanol–water partition coefficient (Wildman–Crippen LogP) is 0.935. The molecule has 0 aliphatic carbocycles. The molecule has 0 atom stereocenters. The summed E-state index contributed by atoms with van der Waals surface area (Å²) in [5.41, 5.74) is 5.69. The third-order valence-electron chi connectivity index (χ3n) is 1.94. The number of nitrogens with zero attached hydrogens (tertiary/aromatic N) is 2. The molecule has 0 unspecified atom stereocenters. The van der Waals surface area contributed by atoms with Gasteiger partial charge in [-0.1, -0.05) is 11.3 Å².